The van der Waals surface area contributed by atoms with Crippen molar-refractivity contribution in [3.05, 3.63) is 34.9 Å². The molecule has 0 spiro atoms. The van der Waals surface area contributed by atoms with Crippen LogP contribution in [0.3, 0.4) is 0 Å². The molecule has 0 aliphatic heterocycles. The minimum absolute atomic E-state index is 0.0247. The summed E-state index contributed by atoms with van der Waals surface area (Å²) >= 11 is 5.70. The molecule has 0 radical (unpaired) electrons. The minimum atomic E-state index is -0.480. The second-order valence-electron chi connectivity index (χ2n) is 3.98. The first kappa shape index (κ1) is 13.0. The quantitative estimate of drug-likeness (QED) is 0.925. The van der Waals surface area contributed by atoms with Crippen LogP contribution in [0.1, 0.15) is 31.7 Å². The highest BCUT2D eigenvalue weighted by Gasteiger charge is 2.15. The number of rotatable bonds is 4. The molecule has 1 aromatic heterocycles. The van der Waals surface area contributed by atoms with Crippen LogP contribution in [-0.2, 0) is 0 Å². The molecular formula is C12H13ClFN3O. The van der Waals surface area contributed by atoms with E-state index in [2.05, 4.69) is 10.1 Å². The molecule has 1 heterocycles. The topological polar surface area (TPSA) is 64.9 Å². The first-order valence-corrected chi connectivity index (χ1v) is 6.04. The molecule has 1 atom stereocenters. The minimum Gasteiger partial charge on any atom is -0.337 e. The van der Waals surface area contributed by atoms with Gasteiger partial charge in [-0.25, -0.2) is 4.39 Å². The van der Waals surface area contributed by atoms with E-state index in [4.69, 9.17) is 21.9 Å². The van der Waals surface area contributed by atoms with Gasteiger partial charge in [0, 0.05) is 5.56 Å². The van der Waals surface area contributed by atoms with E-state index in [0.717, 1.165) is 12.8 Å². The SMILES string of the molecule is CCCC(N)c1nc(-c2ccc(F)c(Cl)c2)no1. The number of halogens is 2. The molecule has 0 fully saturated rings. The van der Waals surface area contributed by atoms with Crippen LogP contribution in [0, 0.1) is 5.82 Å². The number of nitrogens with zero attached hydrogens (tertiary/aromatic N) is 2. The molecule has 6 heteroatoms. The van der Waals surface area contributed by atoms with Gasteiger partial charge in [-0.1, -0.05) is 30.1 Å². The molecule has 96 valence electrons. The zero-order chi connectivity index (χ0) is 13.1. The third kappa shape index (κ3) is 2.68. The summed E-state index contributed by atoms with van der Waals surface area (Å²) in [6.07, 6.45) is 1.70. The van der Waals surface area contributed by atoms with Crippen molar-refractivity contribution >= 4 is 11.6 Å². The van der Waals surface area contributed by atoms with Crippen LogP contribution < -0.4 is 5.73 Å². The predicted octanol–water partition coefficient (Wildman–Crippen LogP) is 3.33. The van der Waals surface area contributed by atoms with Crippen molar-refractivity contribution < 1.29 is 8.91 Å². The van der Waals surface area contributed by atoms with E-state index < -0.39 is 5.82 Å². The third-order valence-corrected chi connectivity index (χ3v) is 2.83. The lowest BCUT2D eigenvalue weighted by atomic mass is 10.2. The van der Waals surface area contributed by atoms with Crippen LogP contribution in [0.4, 0.5) is 4.39 Å². The van der Waals surface area contributed by atoms with Crippen molar-refractivity contribution in [1.82, 2.24) is 10.1 Å². The van der Waals surface area contributed by atoms with Crippen molar-refractivity contribution in [1.29, 1.82) is 0 Å². The highest BCUT2D eigenvalue weighted by atomic mass is 35.5. The Bertz CT molecular complexity index is 544. The fraction of sp³-hybridized carbons (Fsp3) is 0.333. The maximum Gasteiger partial charge on any atom is 0.243 e. The number of aromatic nitrogens is 2. The van der Waals surface area contributed by atoms with Crippen LogP contribution in [0.2, 0.25) is 5.02 Å². The fourth-order valence-electron chi connectivity index (χ4n) is 1.57. The van der Waals surface area contributed by atoms with E-state index in [1.807, 2.05) is 6.92 Å². The van der Waals surface area contributed by atoms with E-state index in [0.29, 0.717) is 17.3 Å². The summed E-state index contributed by atoms with van der Waals surface area (Å²) in [5, 5.41) is 3.84. The molecule has 0 aliphatic rings. The van der Waals surface area contributed by atoms with Gasteiger partial charge in [0.15, 0.2) is 0 Å². The lowest BCUT2D eigenvalue weighted by Crippen LogP contribution is -2.09. The second kappa shape index (κ2) is 5.46. The standard InChI is InChI=1S/C12H13ClFN3O/c1-2-3-10(15)12-16-11(17-18-12)7-4-5-9(14)8(13)6-7/h4-6,10H,2-3,15H2,1H3. The Morgan fingerprint density at radius 3 is 2.94 bits per heavy atom. The van der Waals surface area contributed by atoms with Crippen LogP contribution in [0.5, 0.6) is 0 Å². The molecule has 4 nitrogen and oxygen atoms in total. The zero-order valence-corrected chi connectivity index (χ0v) is 10.6. The van der Waals surface area contributed by atoms with Crippen LogP contribution in [0.15, 0.2) is 22.7 Å². The summed E-state index contributed by atoms with van der Waals surface area (Å²) in [5.41, 5.74) is 6.47. The van der Waals surface area contributed by atoms with E-state index in [1.165, 1.54) is 12.1 Å². The summed E-state index contributed by atoms with van der Waals surface area (Å²) < 4.78 is 18.1. The summed E-state index contributed by atoms with van der Waals surface area (Å²) in [7, 11) is 0. The smallest absolute Gasteiger partial charge is 0.243 e. The van der Waals surface area contributed by atoms with E-state index in [1.54, 1.807) is 6.07 Å². The van der Waals surface area contributed by atoms with Gasteiger partial charge in [-0.05, 0) is 24.6 Å². The van der Waals surface area contributed by atoms with Crippen LogP contribution >= 0.6 is 11.6 Å². The second-order valence-corrected chi connectivity index (χ2v) is 4.39. The van der Waals surface area contributed by atoms with Crippen molar-refractivity contribution in [3.8, 4) is 11.4 Å². The molecule has 0 aliphatic carbocycles. The fourth-order valence-corrected chi connectivity index (χ4v) is 1.75. The summed E-state index contributed by atoms with van der Waals surface area (Å²) in [4.78, 5) is 4.19. The van der Waals surface area contributed by atoms with E-state index >= 15 is 0 Å². The number of hydrogen-bond acceptors (Lipinski definition) is 4. The van der Waals surface area contributed by atoms with Gasteiger partial charge in [-0.15, -0.1) is 0 Å². The van der Waals surface area contributed by atoms with E-state index in [9.17, 15) is 4.39 Å². The zero-order valence-electron chi connectivity index (χ0n) is 9.86. The van der Waals surface area contributed by atoms with Gasteiger partial charge < -0.3 is 10.3 Å². The first-order chi connectivity index (χ1) is 8.61. The lowest BCUT2D eigenvalue weighted by Gasteiger charge is -2.02. The molecule has 0 amide bonds. The van der Waals surface area contributed by atoms with Gasteiger partial charge >= 0.3 is 0 Å². The van der Waals surface area contributed by atoms with Crippen molar-refractivity contribution in [3.63, 3.8) is 0 Å². The number of nitrogens with two attached hydrogens (primary N) is 1. The van der Waals surface area contributed by atoms with Gasteiger partial charge in [-0.3, -0.25) is 0 Å². The largest absolute Gasteiger partial charge is 0.337 e. The Balaban J connectivity index is 2.26. The Kier molecular flexibility index (Phi) is 3.93. The molecule has 18 heavy (non-hydrogen) atoms. The maximum absolute atomic E-state index is 13.0. The summed E-state index contributed by atoms with van der Waals surface area (Å²) in [5.74, 6) is 0.262. The van der Waals surface area contributed by atoms with Gasteiger partial charge in [0.2, 0.25) is 11.7 Å². The van der Waals surface area contributed by atoms with Crippen molar-refractivity contribution in [2.45, 2.75) is 25.8 Å². The van der Waals surface area contributed by atoms with Gasteiger partial charge in [-0.2, -0.15) is 4.98 Å². The Hall–Kier alpha value is -1.46. The molecule has 2 N–H and O–H groups in total. The third-order valence-electron chi connectivity index (χ3n) is 2.54. The lowest BCUT2D eigenvalue weighted by molar-refractivity contribution is 0.348. The normalized spacial score (nSPS) is 12.7. The molecular weight excluding hydrogens is 257 g/mol. The molecule has 2 aromatic rings. The highest BCUT2D eigenvalue weighted by molar-refractivity contribution is 6.31. The molecule has 1 aromatic carbocycles. The number of benzene rings is 1. The molecule has 1 unspecified atom stereocenters. The van der Waals surface area contributed by atoms with Gasteiger partial charge in [0.25, 0.3) is 0 Å². The average molecular weight is 270 g/mol. The van der Waals surface area contributed by atoms with Crippen LogP contribution in [-0.4, -0.2) is 10.1 Å². The highest BCUT2D eigenvalue weighted by Crippen LogP contribution is 2.24. The predicted molar refractivity (Wildman–Crippen MR) is 66.5 cm³/mol. The molecule has 0 saturated carbocycles. The van der Waals surface area contributed by atoms with Crippen LogP contribution in [0.25, 0.3) is 11.4 Å². The molecule has 0 saturated heterocycles. The van der Waals surface area contributed by atoms with E-state index in [-0.39, 0.29) is 11.1 Å². The summed E-state index contributed by atoms with van der Waals surface area (Å²) in [6, 6.07) is 3.99. The average Bonchev–Trinajstić information content (AvgIpc) is 2.82. The first-order valence-electron chi connectivity index (χ1n) is 5.66. The number of hydrogen-bond donors (Lipinski definition) is 1. The van der Waals surface area contributed by atoms with Crippen molar-refractivity contribution in [2.75, 3.05) is 0 Å². The monoisotopic (exact) mass is 269 g/mol. The van der Waals surface area contributed by atoms with Gasteiger partial charge in [0.05, 0.1) is 11.1 Å². The Labute approximate surface area is 109 Å². The molecule has 2 rings (SSSR count). The van der Waals surface area contributed by atoms with Crippen molar-refractivity contribution in [2.24, 2.45) is 5.73 Å². The Morgan fingerprint density at radius 2 is 2.28 bits per heavy atom. The Morgan fingerprint density at radius 1 is 1.50 bits per heavy atom. The van der Waals surface area contributed by atoms with Gasteiger partial charge in [0.1, 0.15) is 5.82 Å². The molecule has 0 bridgehead atoms. The summed E-state index contributed by atoms with van der Waals surface area (Å²) in [6.45, 7) is 2.02. The maximum atomic E-state index is 13.0.